The predicted octanol–water partition coefficient (Wildman–Crippen LogP) is 3.93. The Balaban J connectivity index is 2.12. The number of hydrogen-bond donors (Lipinski definition) is 0. The SMILES string of the molecule is COc1ccc([C@@H]2Sc3ccc(C(=O)OC(C)C)cc3N(CCN(C)C)C(=O)[C@@H]2OC(C)=O)cc1. The van der Waals surface area contributed by atoms with Gasteiger partial charge in [-0.05, 0) is 63.8 Å². The van der Waals surface area contributed by atoms with Crippen molar-refractivity contribution in [2.45, 2.75) is 43.1 Å². The molecular formula is C26H32N2O6S. The first-order chi connectivity index (χ1) is 16.6. The van der Waals surface area contributed by atoms with Gasteiger partial charge in [0.25, 0.3) is 5.91 Å². The van der Waals surface area contributed by atoms with E-state index in [-0.39, 0.29) is 12.0 Å². The third-order valence-electron chi connectivity index (χ3n) is 5.37. The third-order valence-corrected chi connectivity index (χ3v) is 6.75. The number of rotatable bonds is 8. The maximum atomic E-state index is 13.9. The molecule has 35 heavy (non-hydrogen) atoms. The minimum atomic E-state index is -1.05. The van der Waals surface area contributed by atoms with Crippen LogP contribution in [0.1, 0.15) is 41.9 Å². The van der Waals surface area contributed by atoms with Crippen LogP contribution in [0, 0.1) is 0 Å². The Labute approximate surface area is 210 Å². The lowest BCUT2D eigenvalue weighted by atomic mass is 10.1. The van der Waals surface area contributed by atoms with Gasteiger partial charge in [-0.15, -0.1) is 11.8 Å². The van der Waals surface area contributed by atoms with Crippen LogP contribution in [0.2, 0.25) is 0 Å². The van der Waals surface area contributed by atoms with Gasteiger partial charge in [0, 0.05) is 24.9 Å². The van der Waals surface area contributed by atoms with E-state index in [1.54, 1.807) is 38.0 Å². The van der Waals surface area contributed by atoms with Crippen LogP contribution in [0.5, 0.6) is 5.75 Å². The predicted molar refractivity (Wildman–Crippen MR) is 135 cm³/mol. The zero-order valence-electron chi connectivity index (χ0n) is 20.9. The second kappa shape index (κ2) is 11.6. The molecule has 0 radical (unpaired) electrons. The molecular weight excluding hydrogens is 468 g/mol. The average Bonchev–Trinajstić information content (AvgIpc) is 2.91. The highest BCUT2D eigenvalue weighted by atomic mass is 32.2. The Morgan fingerprint density at radius 2 is 1.80 bits per heavy atom. The number of esters is 2. The molecule has 0 spiro atoms. The van der Waals surface area contributed by atoms with Gasteiger partial charge in [0.05, 0.1) is 29.7 Å². The van der Waals surface area contributed by atoms with Crippen molar-refractivity contribution in [3.05, 3.63) is 53.6 Å². The standard InChI is InChI=1S/C26H32N2O6S/c1-16(2)33-26(31)19-9-12-22-21(15-19)28(14-13-27(4)5)25(30)23(34-17(3)29)24(35-22)18-7-10-20(32-6)11-8-18/h7-12,15-16,23-24H,13-14H2,1-6H3/t23-,24+/m1/s1. The Morgan fingerprint density at radius 3 is 2.37 bits per heavy atom. The van der Waals surface area contributed by atoms with Gasteiger partial charge in [-0.2, -0.15) is 0 Å². The zero-order valence-corrected chi connectivity index (χ0v) is 21.8. The quantitative estimate of drug-likeness (QED) is 0.504. The molecule has 8 nitrogen and oxygen atoms in total. The van der Waals surface area contributed by atoms with E-state index < -0.39 is 23.3 Å². The fourth-order valence-corrected chi connectivity index (χ4v) is 4.99. The van der Waals surface area contributed by atoms with Crippen molar-refractivity contribution in [3.63, 3.8) is 0 Å². The second-order valence-electron chi connectivity index (χ2n) is 8.77. The molecule has 2 aromatic carbocycles. The molecule has 0 saturated carbocycles. The molecule has 9 heteroatoms. The van der Waals surface area contributed by atoms with Gasteiger partial charge in [0.1, 0.15) is 5.75 Å². The van der Waals surface area contributed by atoms with E-state index in [1.165, 1.54) is 18.7 Å². The van der Waals surface area contributed by atoms with Crippen LogP contribution in [-0.2, 0) is 19.1 Å². The van der Waals surface area contributed by atoms with Crippen LogP contribution in [0.25, 0.3) is 0 Å². The number of likely N-dealkylation sites (N-methyl/N-ethyl adjacent to an activating group) is 1. The summed E-state index contributed by atoms with van der Waals surface area (Å²) >= 11 is 1.42. The number of anilines is 1. The van der Waals surface area contributed by atoms with Gasteiger partial charge in [-0.1, -0.05) is 12.1 Å². The Kier molecular flexibility index (Phi) is 8.80. The Hall–Kier alpha value is -3.04. The summed E-state index contributed by atoms with van der Waals surface area (Å²) in [5, 5.41) is -0.492. The van der Waals surface area contributed by atoms with Gasteiger partial charge in [-0.3, -0.25) is 9.59 Å². The number of thioether (sulfide) groups is 1. The highest BCUT2D eigenvalue weighted by molar-refractivity contribution is 7.99. The second-order valence-corrected chi connectivity index (χ2v) is 9.95. The maximum absolute atomic E-state index is 13.9. The molecule has 1 aliphatic rings. The highest BCUT2D eigenvalue weighted by Gasteiger charge is 2.41. The Morgan fingerprint density at radius 1 is 1.11 bits per heavy atom. The number of ether oxygens (including phenoxy) is 3. The number of nitrogens with zero attached hydrogens (tertiary/aromatic N) is 2. The van der Waals surface area contributed by atoms with Crippen LogP contribution in [0.4, 0.5) is 5.69 Å². The average molecular weight is 501 g/mol. The van der Waals surface area contributed by atoms with Gasteiger partial charge >= 0.3 is 11.9 Å². The van der Waals surface area contributed by atoms with Crippen molar-refractivity contribution in [1.29, 1.82) is 0 Å². The summed E-state index contributed by atoms with van der Waals surface area (Å²) in [6.45, 7) is 5.80. The molecule has 0 aromatic heterocycles. The lowest BCUT2D eigenvalue weighted by Gasteiger charge is -2.28. The topological polar surface area (TPSA) is 85.4 Å². The normalized spacial score (nSPS) is 17.7. The van der Waals surface area contributed by atoms with Crippen molar-refractivity contribution < 1.29 is 28.6 Å². The minimum absolute atomic E-state index is 0.269. The molecule has 0 fully saturated rings. The van der Waals surface area contributed by atoms with Crippen molar-refractivity contribution in [2.75, 3.05) is 39.2 Å². The summed E-state index contributed by atoms with van der Waals surface area (Å²) in [6.07, 6.45) is -1.32. The Bertz CT molecular complexity index is 1070. The molecule has 2 aromatic rings. The first kappa shape index (κ1) is 26.6. The summed E-state index contributed by atoms with van der Waals surface area (Å²) < 4.78 is 16.3. The van der Waals surface area contributed by atoms with Crippen LogP contribution in [0.15, 0.2) is 47.4 Å². The zero-order chi connectivity index (χ0) is 25.7. The van der Waals surface area contributed by atoms with Crippen LogP contribution in [0.3, 0.4) is 0 Å². The molecule has 3 rings (SSSR count). The van der Waals surface area contributed by atoms with Gasteiger partial charge < -0.3 is 24.0 Å². The number of carbonyl (C=O) groups excluding carboxylic acids is 3. The molecule has 2 atom stereocenters. The highest BCUT2D eigenvalue weighted by Crippen LogP contribution is 2.47. The van der Waals surface area contributed by atoms with E-state index in [9.17, 15) is 14.4 Å². The molecule has 0 N–H and O–H groups in total. The lowest BCUT2D eigenvalue weighted by molar-refractivity contribution is -0.152. The lowest BCUT2D eigenvalue weighted by Crippen LogP contribution is -2.45. The molecule has 1 amide bonds. The smallest absolute Gasteiger partial charge is 0.338 e. The first-order valence-electron chi connectivity index (χ1n) is 11.4. The number of amides is 1. The van der Waals surface area contributed by atoms with Crippen LogP contribution >= 0.6 is 11.8 Å². The van der Waals surface area contributed by atoms with Crippen molar-refractivity contribution in [1.82, 2.24) is 4.90 Å². The van der Waals surface area contributed by atoms with Crippen molar-refractivity contribution in [3.8, 4) is 5.75 Å². The van der Waals surface area contributed by atoms with Crippen molar-refractivity contribution >= 4 is 35.3 Å². The molecule has 0 aliphatic carbocycles. The molecule has 188 valence electrons. The molecule has 0 unspecified atom stereocenters. The van der Waals surface area contributed by atoms with E-state index in [0.717, 1.165) is 10.5 Å². The third kappa shape index (κ3) is 6.55. The summed E-state index contributed by atoms with van der Waals surface area (Å²) in [5.74, 6) is -0.657. The fourth-order valence-electron chi connectivity index (χ4n) is 3.70. The first-order valence-corrected chi connectivity index (χ1v) is 12.3. The van der Waals surface area contributed by atoms with Crippen LogP contribution in [-0.4, -0.2) is 69.2 Å². The number of benzene rings is 2. The number of hydrogen-bond acceptors (Lipinski definition) is 8. The van der Waals surface area contributed by atoms with Gasteiger partial charge in [0.2, 0.25) is 0 Å². The molecule has 1 aliphatic heterocycles. The van der Waals surface area contributed by atoms with E-state index in [1.807, 2.05) is 49.3 Å². The van der Waals surface area contributed by atoms with Crippen LogP contribution < -0.4 is 9.64 Å². The summed E-state index contributed by atoms with van der Waals surface area (Å²) in [4.78, 5) is 42.9. The van der Waals surface area contributed by atoms with Gasteiger partial charge in [-0.25, -0.2) is 4.79 Å². The van der Waals surface area contributed by atoms with Gasteiger partial charge in [0.15, 0.2) is 6.10 Å². The van der Waals surface area contributed by atoms with E-state index >= 15 is 0 Å². The summed E-state index contributed by atoms with van der Waals surface area (Å²) in [5.41, 5.74) is 1.76. The minimum Gasteiger partial charge on any atom is -0.497 e. The van der Waals surface area contributed by atoms with E-state index in [2.05, 4.69) is 0 Å². The molecule has 1 heterocycles. The maximum Gasteiger partial charge on any atom is 0.338 e. The number of fused-ring (bicyclic) bond motifs is 1. The fraction of sp³-hybridized carbons (Fsp3) is 0.423. The molecule has 0 saturated heterocycles. The van der Waals surface area contributed by atoms with Crippen molar-refractivity contribution in [2.24, 2.45) is 0 Å². The van der Waals surface area contributed by atoms with E-state index in [0.29, 0.717) is 30.1 Å². The van der Waals surface area contributed by atoms with E-state index in [4.69, 9.17) is 14.2 Å². The summed E-state index contributed by atoms with van der Waals surface area (Å²) in [7, 11) is 5.41. The molecule has 0 bridgehead atoms. The largest absolute Gasteiger partial charge is 0.497 e. The number of methoxy groups -OCH3 is 1. The summed E-state index contributed by atoms with van der Waals surface area (Å²) in [6, 6.07) is 12.6. The number of carbonyl (C=O) groups is 3. The monoisotopic (exact) mass is 500 g/mol.